The summed E-state index contributed by atoms with van der Waals surface area (Å²) < 4.78 is 0. The Bertz CT molecular complexity index is 294. The summed E-state index contributed by atoms with van der Waals surface area (Å²) in [5.41, 5.74) is 6.86. The van der Waals surface area contributed by atoms with Gasteiger partial charge in [0.2, 0.25) is 0 Å². The lowest BCUT2D eigenvalue weighted by atomic mass is 9.89. The maximum absolute atomic E-state index is 5.67. The Labute approximate surface area is 85.8 Å². The first-order chi connectivity index (χ1) is 6.57. The Morgan fingerprint density at radius 2 is 2.14 bits per heavy atom. The van der Waals surface area contributed by atoms with Crippen molar-refractivity contribution in [3.05, 3.63) is 23.8 Å². The molecule has 2 N–H and O–H groups in total. The highest BCUT2D eigenvalue weighted by Crippen LogP contribution is 2.17. The topological polar surface area (TPSA) is 51.8 Å². The molecule has 3 heteroatoms. The third-order valence-electron chi connectivity index (χ3n) is 2.31. The lowest BCUT2D eigenvalue weighted by Gasteiger charge is -2.20. The molecule has 0 saturated heterocycles. The minimum Gasteiger partial charge on any atom is -0.330 e. The van der Waals surface area contributed by atoms with Gasteiger partial charge in [0, 0.05) is 18.3 Å². The Hall–Kier alpha value is -0.960. The Kier molecular flexibility index (Phi) is 3.58. The van der Waals surface area contributed by atoms with Crippen molar-refractivity contribution >= 4 is 0 Å². The van der Waals surface area contributed by atoms with Gasteiger partial charge in [-0.3, -0.25) is 0 Å². The van der Waals surface area contributed by atoms with E-state index in [1.165, 1.54) is 0 Å². The molecule has 1 aromatic heterocycles. The molecule has 0 amide bonds. The van der Waals surface area contributed by atoms with Crippen LogP contribution in [0.15, 0.2) is 12.3 Å². The zero-order valence-corrected chi connectivity index (χ0v) is 9.25. The molecule has 0 aliphatic rings. The second-order valence-electron chi connectivity index (χ2n) is 4.36. The Balaban J connectivity index is 2.76. The van der Waals surface area contributed by atoms with Crippen molar-refractivity contribution in [2.75, 3.05) is 6.54 Å². The third kappa shape index (κ3) is 3.07. The molecular formula is C11H19N3. The van der Waals surface area contributed by atoms with Crippen LogP contribution in [0.3, 0.4) is 0 Å². The van der Waals surface area contributed by atoms with Gasteiger partial charge in [-0.2, -0.15) is 0 Å². The number of rotatable bonds is 4. The molecule has 0 fully saturated rings. The van der Waals surface area contributed by atoms with E-state index in [0.717, 1.165) is 24.4 Å². The molecule has 1 rings (SSSR count). The highest BCUT2D eigenvalue weighted by atomic mass is 14.9. The van der Waals surface area contributed by atoms with Gasteiger partial charge in [-0.05, 0) is 24.4 Å². The molecule has 1 heterocycles. The minimum atomic E-state index is 0.0896. The lowest BCUT2D eigenvalue weighted by Crippen LogP contribution is -2.26. The number of hydrogen-bond acceptors (Lipinski definition) is 3. The van der Waals surface area contributed by atoms with Gasteiger partial charge in [0.15, 0.2) is 0 Å². The van der Waals surface area contributed by atoms with E-state index in [9.17, 15) is 0 Å². The summed E-state index contributed by atoms with van der Waals surface area (Å²) in [7, 11) is 0. The molecular weight excluding hydrogens is 174 g/mol. The largest absolute Gasteiger partial charge is 0.330 e. The van der Waals surface area contributed by atoms with E-state index < -0.39 is 0 Å². The van der Waals surface area contributed by atoms with Crippen LogP contribution >= 0.6 is 0 Å². The molecule has 0 radical (unpaired) electrons. The summed E-state index contributed by atoms with van der Waals surface area (Å²) in [5, 5.41) is 0. The van der Waals surface area contributed by atoms with Gasteiger partial charge in [0.1, 0.15) is 5.82 Å². The maximum atomic E-state index is 5.67. The number of aromatic nitrogens is 2. The van der Waals surface area contributed by atoms with E-state index >= 15 is 0 Å². The first-order valence-electron chi connectivity index (χ1n) is 5.08. The Morgan fingerprint density at radius 3 is 2.71 bits per heavy atom. The van der Waals surface area contributed by atoms with Crippen LogP contribution in [-0.4, -0.2) is 16.5 Å². The van der Waals surface area contributed by atoms with E-state index in [0.29, 0.717) is 6.54 Å². The Morgan fingerprint density at radius 1 is 1.43 bits per heavy atom. The van der Waals surface area contributed by atoms with Crippen molar-refractivity contribution in [2.24, 2.45) is 11.1 Å². The average molecular weight is 193 g/mol. The van der Waals surface area contributed by atoms with Crippen molar-refractivity contribution < 1.29 is 0 Å². The number of hydrogen-bond donors (Lipinski definition) is 1. The highest BCUT2D eigenvalue weighted by Gasteiger charge is 2.17. The zero-order chi connectivity index (χ0) is 10.6. The van der Waals surface area contributed by atoms with Gasteiger partial charge in [-0.15, -0.1) is 0 Å². The smallest absolute Gasteiger partial charge is 0.129 e. The molecule has 0 bridgehead atoms. The molecule has 0 saturated carbocycles. The van der Waals surface area contributed by atoms with Crippen LogP contribution in [0.2, 0.25) is 0 Å². The average Bonchev–Trinajstić information content (AvgIpc) is 2.17. The van der Waals surface area contributed by atoms with Crippen molar-refractivity contribution in [1.82, 2.24) is 9.97 Å². The lowest BCUT2D eigenvalue weighted by molar-refractivity contribution is 0.367. The predicted octanol–water partition coefficient (Wildman–Crippen LogP) is 1.57. The van der Waals surface area contributed by atoms with Crippen LogP contribution < -0.4 is 5.73 Å². The second kappa shape index (κ2) is 4.51. The van der Waals surface area contributed by atoms with Crippen molar-refractivity contribution in [2.45, 2.75) is 33.6 Å². The standard InChI is InChI=1S/C11H19N3/c1-4-9-5-6-13-10(14-9)7-11(2,3)8-12/h5-6H,4,7-8,12H2,1-3H3. The van der Waals surface area contributed by atoms with Crippen molar-refractivity contribution in [1.29, 1.82) is 0 Å². The normalized spacial score (nSPS) is 11.7. The monoisotopic (exact) mass is 193 g/mol. The second-order valence-corrected chi connectivity index (χ2v) is 4.36. The summed E-state index contributed by atoms with van der Waals surface area (Å²) in [6, 6.07) is 1.96. The summed E-state index contributed by atoms with van der Waals surface area (Å²) >= 11 is 0. The molecule has 3 nitrogen and oxygen atoms in total. The van der Waals surface area contributed by atoms with Gasteiger partial charge in [0.05, 0.1) is 0 Å². The number of aryl methyl sites for hydroxylation is 1. The van der Waals surface area contributed by atoms with Gasteiger partial charge in [-0.1, -0.05) is 20.8 Å². The van der Waals surface area contributed by atoms with E-state index in [1.807, 2.05) is 12.3 Å². The first-order valence-corrected chi connectivity index (χ1v) is 5.08. The van der Waals surface area contributed by atoms with Gasteiger partial charge in [-0.25, -0.2) is 9.97 Å². The molecule has 1 aromatic rings. The maximum Gasteiger partial charge on any atom is 0.129 e. The molecule has 0 spiro atoms. The van der Waals surface area contributed by atoms with E-state index in [2.05, 4.69) is 30.7 Å². The molecule has 0 unspecified atom stereocenters. The van der Waals surface area contributed by atoms with Crippen LogP contribution in [0, 0.1) is 5.41 Å². The fourth-order valence-corrected chi connectivity index (χ4v) is 1.22. The van der Waals surface area contributed by atoms with Gasteiger partial charge >= 0.3 is 0 Å². The van der Waals surface area contributed by atoms with Crippen LogP contribution in [0.1, 0.15) is 32.3 Å². The van der Waals surface area contributed by atoms with Crippen LogP contribution in [-0.2, 0) is 12.8 Å². The van der Waals surface area contributed by atoms with Crippen LogP contribution in [0.4, 0.5) is 0 Å². The molecule has 0 aromatic carbocycles. The summed E-state index contributed by atoms with van der Waals surface area (Å²) in [5.74, 6) is 0.903. The van der Waals surface area contributed by atoms with Crippen molar-refractivity contribution in [3.63, 3.8) is 0 Å². The van der Waals surface area contributed by atoms with Crippen molar-refractivity contribution in [3.8, 4) is 0 Å². The zero-order valence-electron chi connectivity index (χ0n) is 9.25. The van der Waals surface area contributed by atoms with Gasteiger partial charge in [0.25, 0.3) is 0 Å². The summed E-state index contributed by atoms with van der Waals surface area (Å²) in [6.07, 6.45) is 3.63. The highest BCUT2D eigenvalue weighted by molar-refractivity contribution is 5.03. The molecule has 0 atom stereocenters. The fourth-order valence-electron chi connectivity index (χ4n) is 1.22. The number of nitrogens with zero attached hydrogens (tertiary/aromatic N) is 2. The van der Waals surface area contributed by atoms with E-state index in [4.69, 9.17) is 5.73 Å². The minimum absolute atomic E-state index is 0.0896. The predicted molar refractivity (Wildman–Crippen MR) is 57.9 cm³/mol. The van der Waals surface area contributed by atoms with Gasteiger partial charge < -0.3 is 5.73 Å². The molecule has 0 aliphatic carbocycles. The molecule has 0 aliphatic heterocycles. The van der Waals surface area contributed by atoms with E-state index in [-0.39, 0.29) is 5.41 Å². The fraction of sp³-hybridized carbons (Fsp3) is 0.636. The number of nitrogens with two attached hydrogens (primary N) is 1. The molecule has 78 valence electrons. The summed E-state index contributed by atoms with van der Waals surface area (Å²) in [4.78, 5) is 8.71. The van der Waals surface area contributed by atoms with Crippen LogP contribution in [0.25, 0.3) is 0 Å². The molecule has 14 heavy (non-hydrogen) atoms. The van der Waals surface area contributed by atoms with E-state index in [1.54, 1.807) is 0 Å². The third-order valence-corrected chi connectivity index (χ3v) is 2.31. The SMILES string of the molecule is CCc1ccnc(CC(C)(C)CN)n1. The first kappa shape index (κ1) is 11.1. The van der Waals surface area contributed by atoms with Crippen LogP contribution in [0.5, 0.6) is 0 Å². The summed E-state index contributed by atoms with van der Waals surface area (Å²) in [6.45, 7) is 7.02. The quantitative estimate of drug-likeness (QED) is 0.789.